The molecular formula is C25H27NO7. The number of carbonyl (C=O) groups excluding carboxylic acids is 1. The van der Waals surface area contributed by atoms with Gasteiger partial charge in [-0.2, -0.15) is 0 Å². The highest BCUT2D eigenvalue weighted by molar-refractivity contribution is 5.99. The van der Waals surface area contributed by atoms with E-state index in [0.29, 0.717) is 58.9 Å². The van der Waals surface area contributed by atoms with Crippen LogP contribution in [0.5, 0.6) is 17.2 Å². The van der Waals surface area contributed by atoms with Crippen LogP contribution in [-0.4, -0.2) is 52.4 Å². The summed E-state index contributed by atoms with van der Waals surface area (Å²) in [5.74, 6) is 1.03. The molecule has 0 aliphatic carbocycles. The van der Waals surface area contributed by atoms with Gasteiger partial charge in [0.2, 0.25) is 11.5 Å². The van der Waals surface area contributed by atoms with Gasteiger partial charge in [-0.05, 0) is 43.2 Å². The molecule has 0 N–H and O–H groups in total. The van der Waals surface area contributed by atoms with Crippen LogP contribution in [0.2, 0.25) is 0 Å². The van der Waals surface area contributed by atoms with Crippen molar-refractivity contribution >= 4 is 16.9 Å². The zero-order valence-corrected chi connectivity index (χ0v) is 19.4. The number of benzene rings is 2. The number of hydrogen-bond acceptors (Lipinski definition) is 7. The molecule has 1 amide bonds. The monoisotopic (exact) mass is 453 g/mol. The van der Waals surface area contributed by atoms with E-state index in [0.717, 1.165) is 5.56 Å². The molecule has 3 aromatic rings. The van der Waals surface area contributed by atoms with Crippen molar-refractivity contribution in [1.82, 2.24) is 4.90 Å². The summed E-state index contributed by atoms with van der Waals surface area (Å²) in [7, 11) is 6.18. The molecule has 8 nitrogen and oxygen atoms in total. The van der Waals surface area contributed by atoms with Crippen molar-refractivity contribution in [3.63, 3.8) is 0 Å². The Labute approximate surface area is 191 Å². The predicted molar refractivity (Wildman–Crippen MR) is 123 cm³/mol. The van der Waals surface area contributed by atoms with Gasteiger partial charge in [0.15, 0.2) is 16.9 Å². The highest BCUT2D eigenvalue weighted by Crippen LogP contribution is 2.45. The fourth-order valence-electron chi connectivity index (χ4n) is 4.35. The number of rotatable bonds is 8. The Hall–Kier alpha value is -3.52. The Bertz CT molecular complexity index is 1240. The van der Waals surface area contributed by atoms with E-state index >= 15 is 0 Å². The lowest BCUT2D eigenvalue weighted by Crippen LogP contribution is -2.31. The van der Waals surface area contributed by atoms with Gasteiger partial charge in [0.1, 0.15) is 5.58 Å². The topological polar surface area (TPSA) is 87.4 Å². The third-order valence-electron chi connectivity index (χ3n) is 5.87. The fraction of sp³-hybridized carbons (Fsp3) is 0.360. The Balaban J connectivity index is 1.97. The minimum absolute atomic E-state index is 0.0625. The van der Waals surface area contributed by atoms with Gasteiger partial charge in [0, 0.05) is 20.3 Å². The van der Waals surface area contributed by atoms with Crippen LogP contribution in [0.25, 0.3) is 11.0 Å². The molecule has 1 atom stereocenters. The highest BCUT2D eigenvalue weighted by Gasteiger charge is 2.43. The van der Waals surface area contributed by atoms with Gasteiger partial charge in [-0.15, -0.1) is 0 Å². The Morgan fingerprint density at radius 1 is 0.970 bits per heavy atom. The summed E-state index contributed by atoms with van der Waals surface area (Å²) in [4.78, 5) is 28.7. The maximum absolute atomic E-state index is 13.7. The molecule has 1 aliphatic heterocycles. The summed E-state index contributed by atoms with van der Waals surface area (Å²) in [6.45, 7) is 2.77. The molecule has 0 bridgehead atoms. The van der Waals surface area contributed by atoms with E-state index in [9.17, 15) is 9.59 Å². The maximum atomic E-state index is 13.7. The molecule has 8 heteroatoms. The molecule has 0 radical (unpaired) electrons. The molecule has 4 rings (SSSR count). The summed E-state index contributed by atoms with van der Waals surface area (Å²) in [5.41, 5.74) is 2.06. The largest absolute Gasteiger partial charge is 0.493 e. The first-order valence-electron chi connectivity index (χ1n) is 10.6. The van der Waals surface area contributed by atoms with Gasteiger partial charge in [-0.25, -0.2) is 0 Å². The number of fused-ring (bicyclic) bond motifs is 2. The molecule has 0 unspecified atom stereocenters. The van der Waals surface area contributed by atoms with Gasteiger partial charge in [0.05, 0.1) is 38.3 Å². The van der Waals surface area contributed by atoms with Gasteiger partial charge >= 0.3 is 0 Å². The second-order valence-corrected chi connectivity index (χ2v) is 7.88. The van der Waals surface area contributed by atoms with Gasteiger partial charge < -0.3 is 28.3 Å². The number of methoxy groups -OCH3 is 4. The molecule has 0 saturated heterocycles. The molecule has 2 heterocycles. The molecule has 2 aromatic carbocycles. The van der Waals surface area contributed by atoms with Crippen molar-refractivity contribution < 1.29 is 28.2 Å². The van der Waals surface area contributed by atoms with E-state index in [1.165, 1.54) is 21.3 Å². The van der Waals surface area contributed by atoms with Crippen molar-refractivity contribution in [2.75, 3.05) is 41.6 Å². The average molecular weight is 453 g/mol. The SMILES string of the molecule is COCCCN1C(=O)c2oc3ccc(C)cc3c(=O)c2[C@@H]1c1cc(OC)c(OC)c(OC)c1. The minimum atomic E-state index is -0.667. The normalized spacial score (nSPS) is 15.1. The molecule has 0 fully saturated rings. The number of hydrogen-bond donors (Lipinski definition) is 0. The number of aryl methyl sites for hydroxylation is 1. The third kappa shape index (κ3) is 3.80. The van der Waals surface area contributed by atoms with E-state index in [-0.39, 0.29) is 17.1 Å². The van der Waals surface area contributed by atoms with Crippen molar-refractivity contribution in [2.24, 2.45) is 0 Å². The quantitative estimate of drug-likeness (QED) is 0.481. The summed E-state index contributed by atoms with van der Waals surface area (Å²) in [6.07, 6.45) is 0.601. The first kappa shape index (κ1) is 22.7. The molecule has 174 valence electrons. The van der Waals surface area contributed by atoms with Crippen molar-refractivity contribution in [3.8, 4) is 17.2 Å². The van der Waals surface area contributed by atoms with E-state index in [1.807, 2.05) is 13.0 Å². The van der Waals surface area contributed by atoms with Crippen LogP contribution in [0.15, 0.2) is 39.5 Å². The minimum Gasteiger partial charge on any atom is -0.493 e. The van der Waals surface area contributed by atoms with Crippen LogP contribution in [0, 0.1) is 6.92 Å². The van der Waals surface area contributed by atoms with Gasteiger partial charge in [-0.3, -0.25) is 9.59 Å². The Morgan fingerprint density at radius 2 is 1.67 bits per heavy atom. The zero-order valence-electron chi connectivity index (χ0n) is 19.4. The molecule has 1 aliphatic rings. The van der Waals surface area contributed by atoms with Crippen molar-refractivity contribution in [3.05, 3.63) is 63.0 Å². The number of amides is 1. The highest BCUT2D eigenvalue weighted by atomic mass is 16.5. The molecule has 1 aromatic heterocycles. The number of nitrogens with zero attached hydrogens (tertiary/aromatic N) is 1. The van der Waals surface area contributed by atoms with Crippen LogP contribution in [0.3, 0.4) is 0 Å². The number of ether oxygens (including phenoxy) is 4. The van der Waals surface area contributed by atoms with E-state index in [2.05, 4.69) is 0 Å². The summed E-state index contributed by atoms with van der Waals surface area (Å²) < 4.78 is 27.6. The lowest BCUT2D eigenvalue weighted by atomic mass is 9.97. The Morgan fingerprint density at radius 3 is 2.27 bits per heavy atom. The predicted octanol–water partition coefficient (Wildman–Crippen LogP) is 3.71. The fourth-order valence-corrected chi connectivity index (χ4v) is 4.35. The lowest BCUT2D eigenvalue weighted by Gasteiger charge is -2.26. The van der Waals surface area contributed by atoms with Gasteiger partial charge in [-0.1, -0.05) is 11.6 Å². The second-order valence-electron chi connectivity index (χ2n) is 7.88. The summed E-state index contributed by atoms with van der Waals surface area (Å²) in [5, 5.41) is 0.442. The number of carbonyl (C=O) groups is 1. The third-order valence-corrected chi connectivity index (χ3v) is 5.87. The average Bonchev–Trinajstić information content (AvgIpc) is 3.10. The lowest BCUT2D eigenvalue weighted by molar-refractivity contribution is 0.0707. The second kappa shape index (κ2) is 9.15. The van der Waals surface area contributed by atoms with E-state index in [4.69, 9.17) is 23.4 Å². The van der Waals surface area contributed by atoms with Crippen molar-refractivity contribution in [1.29, 1.82) is 0 Å². The molecule has 0 saturated carbocycles. The summed E-state index contributed by atoms with van der Waals surface area (Å²) in [6, 6.07) is 8.21. The summed E-state index contributed by atoms with van der Waals surface area (Å²) >= 11 is 0. The van der Waals surface area contributed by atoms with Crippen LogP contribution in [-0.2, 0) is 4.74 Å². The molecule has 33 heavy (non-hydrogen) atoms. The Kier molecular flexibility index (Phi) is 6.29. The smallest absolute Gasteiger partial charge is 0.290 e. The molecular weight excluding hydrogens is 426 g/mol. The van der Waals surface area contributed by atoms with E-state index < -0.39 is 6.04 Å². The van der Waals surface area contributed by atoms with Crippen LogP contribution < -0.4 is 19.6 Å². The maximum Gasteiger partial charge on any atom is 0.290 e. The van der Waals surface area contributed by atoms with E-state index in [1.54, 1.807) is 36.3 Å². The zero-order chi connectivity index (χ0) is 23.7. The van der Waals surface area contributed by atoms with Crippen LogP contribution >= 0.6 is 0 Å². The van der Waals surface area contributed by atoms with Crippen LogP contribution in [0.4, 0.5) is 0 Å². The van der Waals surface area contributed by atoms with Crippen LogP contribution in [0.1, 0.15) is 39.7 Å². The van der Waals surface area contributed by atoms with Crippen molar-refractivity contribution in [2.45, 2.75) is 19.4 Å². The first-order chi connectivity index (χ1) is 15.9. The molecule has 0 spiro atoms. The van der Waals surface area contributed by atoms with Gasteiger partial charge in [0.25, 0.3) is 5.91 Å². The standard InChI is InChI=1S/C25H27NO7/c1-14-7-8-17-16(11-14)22(27)20-21(26(9-6-10-29-2)25(28)24(20)33-17)15-12-18(30-3)23(32-5)19(13-15)31-4/h7-8,11-13,21H,6,9-10H2,1-5H3/t21-/m0/s1. The first-order valence-corrected chi connectivity index (χ1v) is 10.6.